The first-order valence-corrected chi connectivity index (χ1v) is 8.08. The van der Waals surface area contributed by atoms with Gasteiger partial charge in [-0.3, -0.25) is 4.79 Å². The lowest BCUT2D eigenvalue weighted by atomic mass is 10.2. The van der Waals surface area contributed by atoms with Crippen molar-refractivity contribution in [3.8, 4) is 6.07 Å². The predicted molar refractivity (Wildman–Crippen MR) is 78.5 cm³/mol. The molecule has 0 heterocycles. The SMILES string of the molecule is CC(C)OC(=O)COC(=O)CNS(=O)(=O)c1ccc(C#N)cc1. The molecule has 0 bridgehead atoms. The molecule has 1 aromatic carbocycles. The number of nitriles is 1. The van der Waals surface area contributed by atoms with E-state index in [2.05, 4.69) is 4.74 Å². The number of hydrogen-bond acceptors (Lipinski definition) is 7. The van der Waals surface area contributed by atoms with E-state index in [1.165, 1.54) is 24.3 Å². The van der Waals surface area contributed by atoms with Crippen LogP contribution in [0.3, 0.4) is 0 Å². The molecule has 0 fully saturated rings. The Kier molecular flexibility index (Phi) is 6.68. The summed E-state index contributed by atoms with van der Waals surface area (Å²) in [5.74, 6) is -1.63. The van der Waals surface area contributed by atoms with E-state index < -0.39 is 35.1 Å². The van der Waals surface area contributed by atoms with E-state index in [9.17, 15) is 18.0 Å². The van der Waals surface area contributed by atoms with Crippen LogP contribution in [0.5, 0.6) is 0 Å². The molecule has 0 amide bonds. The molecule has 0 radical (unpaired) electrons. The predicted octanol–water partition coefficient (Wildman–Crippen LogP) is 0.331. The van der Waals surface area contributed by atoms with Crippen molar-refractivity contribution >= 4 is 22.0 Å². The minimum Gasteiger partial charge on any atom is -0.460 e. The Hall–Kier alpha value is -2.44. The highest BCUT2D eigenvalue weighted by Crippen LogP contribution is 2.09. The highest BCUT2D eigenvalue weighted by molar-refractivity contribution is 7.89. The normalized spacial score (nSPS) is 10.9. The molecule has 8 nitrogen and oxygen atoms in total. The second-order valence-electron chi connectivity index (χ2n) is 4.66. The number of hydrogen-bond donors (Lipinski definition) is 1. The van der Waals surface area contributed by atoms with Crippen LogP contribution in [0.4, 0.5) is 0 Å². The summed E-state index contributed by atoms with van der Waals surface area (Å²) in [6, 6.07) is 7.03. The number of esters is 2. The quantitative estimate of drug-likeness (QED) is 0.710. The highest BCUT2D eigenvalue weighted by atomic mass is 32.2. The zero-order chi connectivity index (χ0) is 17.5. The Morgan fingerprint density at radius 3 is 2.35 bits per heavy atom. The molecule has 23 heavy (non-hydrogen) atoms. The molecule has 1 aromatic rings. The Balaban J connectivity index is 2.50. The van der Waals surface area contributed by atoms with Gasteiger partial charge in [-0.1, -0.05) is 0 Å². The van der Waals surface area contributed by atoms with Gasteiger partial charge < -0.3 is 9.47 Å². The first kappa shape index (κ1) is 18.6. The molecule has 0 unspecified atom stereocenters. The molecule has 0 aliphatic carbocycles. The molecule has 0 aromatic heterocycles. The first-order valence-electron chi connectivity index (χ1n) is 6.59. The molecule has 1 N–H and O–H groups in total. The van der Waals surface area contributed by atoms with E-state index in [0.29, 0.717) is 5.56 Å². The lowest BCUT2D eigenvalue weighted by Crippen LogP contribution is -2.32. The molecular formula is C14H16N2O6S. The van der Waals surface area contributed by atoms with Crippen LogP contribution in [0.15, 0.2) is 29.2 Å². The van der Waals surface area contributed by atoms with Gasteiger partial charge in [0, 0.05) is 0 Å². The summed E-state index contributed by atoms with van der Waals surface area (Å²) in [7, 11) is -3.91. The van der Waals surface area contributed by atoms with Crippen molar-refractivity contribution < 1.29 is 27.5 Å². The topological polar surface area (TPSA) is 123 Å². The number of ether oxygens (including phenoxy) is 2. The third-order valence-electron chi connectivity index (χ3n) is 2.42. The van der Waals surface area contributed by atoms with Crippen LogP contribution < -0.4 is 4.72 Å². The third-order valence-corrected chi connectivity index (χ3v) is 3.84. The Morgan fingerprint density at radius 2 is 1.83 bits per heavy atom. The molecule has 124 valence electrons. The molecule has 0 saturated carbocycles. The maximum absolute atomic E-state index is 11.9. The van der Waals surface area contributed by atoms with Crippen LogP contribution in [0.2, 0.25) is 0 Å². The van der Waals surface area contributed by atoms with Crippen molar-refractivity contribution in [1.82, 2.24) is 4.72 Å². The van der Waals surface area contributed by atoms with Crippen molar-refractivity contribution in [2.24, 2.45) is 0 Å². The van der Waals surface area contributed by atoms with Crippen molar-refractivity contribution in [2.45, 2.75) is 24.8 Å². The molecule has 0 aliphatic heterocycles. The van der Waals surface area contributed by atoms with E-state index in [1.54, 1.807) is 13.8 Å². The summed E-state index contributed by atoms with van der Waals surface area (Å²) in [4.78, 5) is 22.5. The second kappa shape index (κ2) is 8.26. The highest BCUT2D eigenvalue weighted by Gasteiger charge is 2.17. The van der Waals surface area contributed by atoms with Crippen LogP contribution in [-0.4, -0.2) is 39.6 Å². The number of nitrogens with zero attached hydrogens (tertiary/aromatic N) is 1. The minimum absolute atomic E-state index is 0.0940. The average Bonchev–Trinajstić information content (AvgIpc) is 2.50. The van der Waals surface area contributed by atoms with E-state index in [4.69, 9.17) is 10.00 Å². The largest absolute Gasteiger partial charge is 0.460 e. The number of sulfonamides is 1. The van der Waals surface area contributed by atoms with Crippen LogP contribution in [-0.2, 0) is 29.1 Å². The van der Waals surface area contributed by atoms with E-state index in [0.717, 1.165) is 0 Å². The number of benzene rings is 1. The summed E-state index contributed by atoms with van der Waals surface area (Å²) >= 11 is 0. The lowest BCUT2D eigenvalue weighted by Gasteiger charge is -2.09. The Labute approximate surface area is 134 Å². The molecule has 0 spiro atoms. The standard InChI is InChI=1S/C14H16N2O6S/c1-10(2)22-14(18)9-21-13(17)8-16-23(19,20)12-5-3-11(7-15)4-6-12/h3-6,10,16H,8-9H2,1-2H3. The van der Waals surface area contributed by atoms with Crippen LogP contribution in [0.1, 0.15) is 19.4 Å². The maximum Gasteiger partial charge on any atom is 0.344 e. The van der Waals surface area contributed by atoms with Crippen LogP contribution in [0.25, 0.3) is 0 Å². The summed E-state index contributed by atoms with van der Waals surface area (Å²) in [5.41, 5.74) is 0.312. The van der Waals surface area contributed by atoms with Gasteiger partial charge in [-0.15, -0.1) is 0 Å². The van der Waals surface area contributed by atoms with Crippen molar-refractivity contribution in [1.29, 1.82) is 5.26 Å². The zero-order valence-electron chi connectivity index (χ0n) is 12.6. The molecule has 1 rings (SSSR count). The van der Waals surface area contributed by atoms with Crippen molar-refractivity contribution in [3.05, 3.63) is 29.8 Å². The summed E-state index contributed by atoms with van der Waals surface area (Å²) in [6.07, 6.45) is -0.337. The zero-order valence-corrected chi connectivity index (χ0v) is 13.4. The summed E-state index contributed by atoms with van der Waals surface area (Å²) < 4.78 is 35.2. The van der Waals surface area contributed by atoms with E-state index in [1.807, 2.05) is 10.8 Å². The molecule has 0 aliphatic rings. The van der Waals surface area contributed by atoms with Gasteiger partial charge in [-0.2, -0.15) is 9.98 Å². The van der Waals surface area contributed by atoms with Gasteiger partial charge in [0.05, 0.1) is 22.6 Å². The second-order valence-corrected chi connectivity index (χ2v) is 6.43. The van der Waals surface area contributed by atoms with E-state index in [-0.39, 0.29) is 11.0 Å². The van der Waals surface area contributed by atoms with Gasteiger partial charge in [0.1, 0.15) is 6.54 Å². The minimum atomic E-state index is -3.91. The Morgan fingerprint density at radius 1 is 1.22 bits per heavy atom. The number of carbonyl (C=O) groups is 2. The van der Waals surface area contributed by atoms with Gasteiger partial charge in [-0.25, -0.2) is 13.2 Å². The number of rotatable bonds is 7. The van der Waals surface area contributed by atoms with Crippen LogP contribution in [0, 0.1) is 11.3 Å². The van der Waals surface area contributed by atoms with Gasteiger partial charge in [0.2, 0.25) is 10.0 Å². The Bertz CT molecular complexity index is 704. The van der Waals surface area contributed by atoms with Crippen molar-refractivity contribution in [2.75, 3.05) is 13.2 Å². The van der Waals surface area contributed by atoms with Gasteiger partial charge in [0.25, 0.3) is 0 Å². The first-order chi connectivity index (χ1) is 10.7. The molecular weight excluding hydrogens is 324 g/mol. The van der Waals surface area contributed by atoms with Crippen LogP contribution >= 0.6 is 0 Å². The van der Waals surface area contributed by atoms with Crippen molar-refractivity contribution in [3.63, 3.8) is 0 Å². The number of carbonyl (C=O) groups excluding carboxylic acids is 2. The number of nitrogens with one attached hydrogen (secondary N) is 1. The summed E-state index contributed by atoms with van der Waals surface area (Å²) in [5, 5.41) is 8.65. The molecule has 9 heteroatoms. The fourth-order valence-electron chi connectivity index (χ4n) is 1.43. The smallest absolute Gasteiger partial charge is 0.344 e. The van der Waals surface area contributed by atoms with Gasteiger partial charge >= 0.3 is 11.9 Å². The maximum atomic E-state index is 11.9. The third kappa shape index (κ3) is 6.46. The molecule has 0 saturated heterocycles. The lowest BCUT2D eigenvalue weighted by molar-refractivity contribution is -0.160. The fourth-order valence-corrected chi connectivity index (χ4v) is 2.40. The monoisotopic (exact) mass is 340 g/mol. The summed E-state index contributed by atoms with van der Waals surface area (Å²) in [6.45, 7) is 2.07. The van der Waals surface area contributed by atoms with E-state index >= 15 is 0 Å². The average molecular weight is 340 g/mol. The van der Waals surface area contributed by atoms with Gasteiger partial charge in [-0.05, 0) is 38.1 Å². The molecule has 0 atom stereocenters. The van der Waals surface area contributed by atoms with Gasteiger partial charge in [0.15, 0.2) is 6.61 Å². The fraction of sp³-hybridized carbons (Fsp3) is 0.357.